The van der Waals surface area contributed by atoms with Gasteiger partial charge in [0.15, 0.2) is 0 Å². The molecule has 0 atom stereocenters. The second-order valence-corrected chi connectivity index (χ2v) is 5.31. The highest BCUT2D eigenvalue weighted by molar-refractivity contribution is 6.33. The third kappa shape index (κ3) is 4.40. The van der Waals surface area contributed by atoms with Crippen LogP contribution in [0.2, 0.25) is 5.02 Å². The zero-order valence-corrected chi connectivity index (χ0v) is 11.4. The molecule has 0 radical (unpaired) electrons. The number of alkyl halides is 3. The van der Waals surface area contributed by atoms with E-state index in [0.717, 1.165) is 0 Å². The topological polar surface area (TPSA) is 32.3 Å². The van der Waals surface area contributed by atoms with E-state index in [9.17, 15) is 18.0 Å². The van der Waals surface area contributed by atoms with Gasteiger partial charge in [0.1, 0.15) is 0 Å². The highest BCUT2D eigenvalue weighted by Crippen LogP contribution is 2.23. The average Bonchev–Trinajstić information content (AvgIpc) is 2.23. The molecule has 0 saturated heterocycles. The van der Waals surface area contributed by atoms with Crippen molar-refractivity contribution in [2.75, 3.05) is 0 Å². The van der Waals surface area contributed by atoms with Gasteiger partial charge in [-0.2, -0.15) is 13.2 Å². The lowest BCUT2D eigenvalue weighted by molar-refractivity contribution is -0.200. The number of nitrogens with zero attached hydrogens (tertiary/aromatic N) is 1. The van der Waals surface area contributed by atoms with Gasteiger partial charge in [0.05, 0.1) is 16.1 Å². The Hall–Kier alpha value is -1.27. The van der Waals surface area contributed by atoms with Crippen LogP contribution in [0, 0.1) is 0 Å². The molecule has 3 nitrogen and oxygen atoms in total. The standard InChI is InChI=1S/C12H14ClF3N2O/c1-11(2,3)18(17-12(14,15)16)10(19)8-6-4-5-7-9(8)13/h4-7,17H,1-3H3. The van der Waals surface area contributed by atoms with E-state index in [1.165, 1.54) is 44.4 Å². The molecule has 1 aromatic carbocycles. The molecule has 0 fully saturated rings. The van der Waals surface area contributed by atoms with Crippen LogP contribution in [0.15, 0.2) is 24.3 Å². The predicted molar refractivity (Wildman–Crippen MR) is 66.6 cm³/mol. The molecule has 0 bridgehead atoms. The predicted octanol–water partition coefficient (Wildman–Crippen LogP) is 3.61. The number of hydrogen-bond donors (Lipinski definition) is 1. The zero-order valence-electron chi connectivity index (χ0n) is 10.7. The number of carbonyl (C=O) groups excluding carboxylic acids is 1. The first-order chi connectivity index (χ1) is 8.52. The van der Waals surface area contributed by atoms with Crippen LogP contribution in [0.5, 0.6) is 0 Å². The van der Waals surface area contributed by atoms with Gasteiger partial charge in [-0.05, 0) is 32.9 Å². The Kier molecular flexibility index (Phi) is 4.47. The minimum Gasteiger partial charge on any atom is -0.268 e. The number of benzene rings is 1. The molecular formula is C12H14ClF3N2O. The first kappa shape index (κ1) is 15.8. The van der Waals surface area contributed by atoms with Crippen molar-refractivity contribution in [1.29, 1.82) is 0 Å². The molecule has 0 spiro atoms. The number of halogens is 4. The summed E-state index contributed by atoms with van der Waals surface area (Å²) < 4.78 is 37.4. The summed E-state index contributed by atoms with van der Waals surface area (Å²) in [4.78, 5) is 12.2. The first-order valence-electron chi connectivity index (χ1n) is 5.46. The summed E-state index contributed by atoms with van der Waals surface area (Å²) in [5.74, 6) is -0.838. The molecule has 0 aliphatic heterocycles. The zero-order chi connectivity index (χ0) is 14.8. The Balaban J connectivity index is 3.13. The molecular weight excluding hydrogens is 281 g/mol. The van der Waals surface area contributed by atoms with E-state index in [-0.39, 0.29) is 10.6 Å². The van der Waals surface area contributed by atoms with Gasteiger partial charge >= 0.3 is 6.30 Å². The molecule has 0 aromatic heterocycles. The number of nitrogens with one attached hydrogen (secondary N) is 1. The summed E-state index contributed by atoms with van der Waals surface area (Å²) in [6.45, 7) is 4.46. The lowest BCUT2D eigenvalue weighted by Crippen LogP contribution is -2.58. The lowest BCUT2D eigenvalue weighted by atomic mass is 10.1. The van der Waals surface area contributed by atoms with Crippen LogP contribution in [0.25, 0.3) is 0 Å². The van der Waals surface area contributed by atoms with Gasteiger partial charge in [-0.1, -0.05) is 23.7 Å². The van der Waals surface area contributed by atoms with E-state index >= 15 is 0 Å². The fourth-order valence-electron chi connectivity index (χ4n) is 1.40. The van der Waals surface area contributed by atoms with E-state index in [1.54, 1.807) is 6.07 Å². The smallest absolute Gasteiger partial charge is 0.268 e. The largest absolute Gasteiger partial charge is 0.474 e. The maximum atomic E-state index is 12.5. The van der Waals surface area contributed by atoms with Gasteiger partial charge in [-0.15, -0.1) is 5.43 Å². The van der Waals surface area contributed by atoms with E-state index < -0.39 is 17.7 Å². The van der Waals surface area contributed by atoms with Crippen molar-refractivity contribution in [3.8, 4) is 0 Å². The van der Waals surface area contributed by atoms with Gasteiger partial charge < -0.3 is 0 Å². The molecule has 106 valence electrons. The molecule has 7 heteroatoms. The third-order valence-electron chi connectivity index (χ3n) is 2.22. The second kappa shape index (κ2) is 5.38. The number of rotatable bonds is 2. The summed E-state index contributed by atoms with van der Waals surface area (Å²) in [6.07, 6.45) is -4.70. The fourth-order valence-corrected chi connectivity index (χ4v) is 1.62. The third-order valence-corrected chi connectivity index (χ3v) is 2.55. The Morgan fingerprint density at radius 3 is 2.16 bits per heavy atom. The van der Waals surface area contributed by atoms with Crippen LogP contribution >= 0.6 is 11.6 Å². The fraction of sp³-hybridized carbons (Fsp3) is 0.417. The summed E-state index contributed by atoms with van der Waals surface area (Å²) in [6, 6.07) is 5.95. The van der Waals surface area contributed by atoms with Crippen LogP contribution in [-0.2, 0) is 0 Å². The molecule has 1 N–H and O–H groups in total. The summed E-state index contributed by atoms with van der Waals surface area (Å²) in [5.41, 5.74) is 0.193. The molecule has 1 rings (SSSR count). The monoisotopic (exact) mass is 294 g/mol. The Morgan fingerprint density at radius 2 is 1.74 bits per heavy atom. The molecule has 19 heavy (non-hydrogen) atoms. The molecule has 0 unspecified atom stereocenters. The molecule has 0 aliphatic carbocycles. The summed E-state index contributed by atoms with van der Waals surface area (Å²) >= 11 is 5.83. The maximum Gasteiger partial charge on any atom is 0.474 e. The lowest BCUT2D eigenvalue weighted by Gasteiger charge is -2.36. The quantitative estimate of drug-likeness (QED) is 0.667. The highest BCUT2D eigenvalue weighted by atomic mass is 35.5. The van der Waals surface area contributed by atoms with Gasteiger partial charge in [-0.3, -0.25) is 9.80 Å². The normalized spacial score (nSPS) is 12.4. The Bertz CT molecular complexity index is 469. The van der Waals surface area contributed by atoms with Crippen LogP contribution in [0.1, 0.15) is 31.1 Å². The molecule has 1 amide bonds. The minimum absolute atomic E-state index is 0.0100. The number of amides is 1. The first-order valence-corrected chi connectivity index (χ1v) is 5.84. The van der Waals surface area contributed by atoms with Crippen LogP contribution in [0.3, 0.4) is 0 Å². The Morgan fingerprint density at radius 1 is 1.21 bits per heavy atom. The molecule has 0 aliphatic rings. The van der Waals surface area contributed by atoms with Crippen molar-refractivity contribution < 1.29 is 18.0 Å². The maximum absolute atomic E-state index is 12.5. The van der Waals surface area contributed by atoms with E-state index in [2.05, 4.69) is 0 Å². The van der Waals surface area contributed by atoms with Crippen molar-refractivity contribution >= 4 is 17.5 Å². The highest BCUT2D eigenvalue weighted by Gasteiger charge is 2.38. The van der Waals surface area contributed by atoms with Crippen molar-refractivity contribution in [3.05, 3.63) is 34.9 Å². The van der Waals surface area contributed by atoms with Crippen molar-refractivity contribution in [3.63, 3.8) is 0 Å². The molecule has 0 heterocycles. The van der Waals surface area contributed by atoms with E-state index in [4.69, 9.17) is 11.6 Å². The van der Waals surface area contributed by atoms with E-state index in [0.29, 0.717) is 5.01 Å². The van der Waals surface area contributed by atoms with Gasteiger partial charge in [-0.25, -0.2) is 0 Å². The van der Waals surface area contributed by atoms with Crippen LogP contribution in [-0.4, -0.2) is 22.8 Å². The second-order valence-electron chi connectivity index (χ2n) is 4.90. The van der Waals surface area contributed by atoms with Crippen LogP contribution < -0.4 is 5.43 Å². The number of carbonyl (C=O) groups is 1. The van der Waals surface area contributed by atoms with Crippen molar-refractivity contribution in [2.45, 2.75) is 32.6 Å². The number of hydrogen-bond acceptors (Lipinski definition) is 2. The van der Waals surface area contributed by atoms with Crippen LogP contribution in [0.4, 0.5) is 13.2 Å². The SMILES string of the molecule is CC(C)(C)N(NC(F)(F)F)C(=O)c1ccccc1Cl. The van der Waals surface area contributed by atoms with Gasteiger partial charge in [0, 0.05) is 0 Å². The van der Waals surface area contributed by atoms with Crippen molar-refractivity contribution in [1.82, 2.24) is 10.4 Å². The Labute approximate surface area is 114 Å². The number of hydrazine groups is 1. The molecule has 1 aromatic rings. The van der Waals surface area contributed by atoms with Crippen molar-refractivity contribution in [2.24, 2.45) is 0 Å². The minimum atomic E-state index is -4.70. The molecule has 0 saturated carbocycles. The van der Waals surface area contributed by atoms with E-state index in [1.807, 2.05) is 0 Å². The van der Waals surface area contributed by atoms with Gasteiger partial charge in [0.25, 0.3) is 5.91 Å². The summed E-state index contributed by atoms with van der Waals surface area (Å²) in [7, 11) is 0. The van der Waals surface area contributed by atoms with Gasteiger partial charge in [0.2, 0.25) is 0 Å². The average molecular weight is 295 g/mol. The summed E-state index contributed by atoms with van der Waals surface area (Å²) in [5, 5.41) is 0.625.